The van der Waals surface area contributed by atoms with Crippen molar-refractivity contribution in [3.05, 3.63) is 41.2 Å². The van der Waals surface area contributed by atoms with E-state index in [1.807, 2.05) is 12.4 Å². The fourth-order valence-corrected chi connectivity index (χ4v) is 6.28. The summed E-state index contributed by atoms with van der Waals surface area (Å²) in [5.74, 6) is -0.0744. The van der Waals surface area contributed by atoms with Gasteiger partial charge in [0.1, 0.15) is 21.3 Å². The number of aromatic amines is 1. The number of H-pyrrole nitrogens is 1. The number of anilines is 1. The number of thiazole rings is 1. The summed E-state index contributed by atoms with van der Waals surface area (Å²) in [6.45, 7) is 2.78. The predicted molar refractivity (Wildman–Crippen MR) is 136 cm³/mol. The average molecular weight is 505 g/mol. The average Bonchev–Trinajstić information content (AvgIpc) is 3.23. The molecular weight excluding hydrogens is 480 g/mol. The minimum absolute atomic E-state index is 0.0133. The molecule has 5 aromatic heterocycles. The van der Waals surface area contributed by atoms with Crippen molar-refractivity contribution in [1.29, 1.82) is 0 Å². The minimum Gasteiger partial charge on any atom is -0.394 e. The first-order valence-electron chi connectivity index (χ1n) is 12.0. The first-order chi connectivity index (χ1) is 17.5. The molecule has 0 unspecified atom stereocenters. The third-order valence-corrected chi connectivity index (χ3v) is 8.42. The van der Waals surface area contributed by atoms with Crippen LogP contribution in [-0.2, 0) is 11.3 Å². The Kier molecular flexibility index (Phi) is 4.78. The lowest BCUT2D eigenvalue weighted by atomic mass is 10.1. The number of hydrogen-bond acceptors (Lipinski definition) is 8. The van der Waals surface area contributed by atoms with Gasteiger partial charge in [-0.25, -0.2) is 4.52 Å². The fraction of sp³-hybridized carbons (Fsp3) is 0.375. The molecule has 7 rings (SSSR count). The fourth-order valence-electron chi connectivity index (χ4n) is 5.22. The Morgan fingerprint density at radius 2 is 2.11 bits per heavy atom. The van der Waals surface area contributed by atoms with Gasteiger partial charge in [-0.05, 0) is 37.3 Å². The van der Waals surface area contributed by atoms with E-state index in [1.54, 1.807) is 27.7 Å². The van der Waals surface area contributed by atoms with Gasteiger partial charge in [-0.1, -0.05) is 0 Å². The number of amides is 1. The highest BCUT2D eigenvalue weighted by Crippen LogP contribution is 2.52. The van der Waals surface area contributed by atoms with Crippen LogP contribution in [0.2, 0.25) is 0 Å². The van der Waals surface area contributed by atoms with Crippen molar-refractivity contribution in [2.75, 3.05) is 31.6 Å². The summed E-state index contributed by atoms with van der Waals surface area (Å²) < 4.78 is 3.37. The molecule has 0 radical (unpaired) electrons. The summed E-state index contributed by atoms with van der Waals surface area (Å²) in [4.78, 5) is 37.0. The number of carbonyl (C=O) groups is 1. The number of rotatable bonds is 6. The van der Waals surface area contributed by atoms with Gasteiger partial charge in [0.2, 0.25) is 5.91 Å². The molecule has 1 amide bonds. The van der Waals surface area contributed by atoms with Gasteiger partial charge in [0, 0.05) is 24.5 Å². The van der Waals surface area contributed by atoms with E-state index in [0.29, 0.717) is 46.1 Å². The number of fused-ring (bicyclic) bond motifs is 5. The van der Waals surface area contributed by atoms with Gasteiger partial charge in [0.05, 0.1) is 48.2 Å². The van der Waals surface area contributed by atoms with Gasteiger partial charge in [0.15, 0.2) is 0 Å². The monoisotopic (exact) mass is 504 g/mol. The van der Waals surface area contributed by atoms with E-state index in [-0.39, 0.29) is 18.1 Å². The molecule has 11 nitrogen and oxygen atoms in total. The van der Waals surface area contributed by atoms with E-state index in [2.05, 4.69) is 30.4 Å². The maximum atomic E-state index is 13.1. The first-order valence-corrected chi connectivity index (χ1v) is 12.8. The van der Waals surface area contributed by atoms with Gasteiger partial charge in [-0.15, -0.1) is 11.3 Å². The summed E-state index contributed by atoms with van der Waals surface area (Å²) in [7, 11) is 0. The third kappa shape index (κ3) is 3.60. The second kappa shape index (κ2) is 7.95. The van der Waals surface area contributed by atoms with Crippen molar-refractivity contribution in [3.8, 4) is 10.4 Å². The van der Waals surface area contributed by atoms with Crippen molar-refractivity contribution in [1.82, 2.24) is 34.3 Å². The second-order valence-electron chi connectivity index (χ2n) is 9.87. The van der Waals surface area contributed by atoms with Gasteiger partial charge >= 0.3 is 0 Å². The molecule has 2 fully saturated rings. The summed E-state index contributed by atoms with van der Waals surface area (Å²) in [6.07, 6.45) is 10.8. The molecule has 184 valence electrons. The van der Waals surface area contributed by atoms with Crippen LogP contribution < -0.4 is 10.9 Å². The normalized spacial score (nSPS) is 17.1. The van der Waals surface area contributed by atoms with E-state index >= 15 is 0 Å². The number of carbonyl (C=O) groups excluding carboxylic acids is 1. The molecule has 1 spiro atoms. The van der Waals surface area contributed by atoms with Crippen LogP contribution in [0.3, 0.4) is 0 Å². The lowest BCUT2D eigenvalue weighted by molar-refractivity contribution is -0.117. The van der Waals surface area contributed by atoms with Crippen molar-refractivity contribution < 1.29 is 9.90 Å². The number of pyridine rings is 2. The zero-order chi connectivity index (χ0) is 24.4. The number of aliphatic hydroxyl groups is 1. The van der Waals surface area contributed by atoms with Crippen LogP contribution in [0, 0.1) is 5.41 Å². The number of hydrogen-bond donors (Lipinski definition) is 3. The van der Waals surface area contributed by atoms with Crippen LogP contribution in [0.1, 0.15) is 19.3 Å². The van der Waals surface area contributed by atoms with Gasteiger partial charge in [-0.2, -0.15) is 10.2 Å². The van der Waals surface area contributed by atoms with E-state index in [1.165, 1.54) is 30.6 Å². The second-order valence-corrected chi connectivity index (χ2v) is 10.9. The summed E-state index contributed by atoms with van der Waals surface area (Å²) in [6, 6.07) is 1.74. The lowest BCUT2D eigenvalue weighted by Crippen LogP contribution is -2.31. The first kappa shape index (κ1) is 21.7. The molecule has 12 heteroatoms. The maximum Gasteiger partial charge on any atom is 0.261 e. The molecule has 5 aromatic rings. The molecule has 0 bridgehead atoms. The Morgan fingerprint density at radius 3 is 2.92 bits per heavy atom. The number of aromatic nitrogens is 6. The molecule has 2 aliphatic rings. The number of likely N-dealkylation sites (tertiary alicyclic amines) is 1. The van der Waals surface area contributed by atoms with Gasteiger partial charge < -0.3 is 15.4 Å². The molecule has 3 N–H and O–H groups in total. The Hall–Kier alpha value is -3.61. The summed E-state index contributed by atoms with van der Waals surface area (Å²) in [5.41, 5.74) is 3.29. The molecule has 0 aromatic carbocycles. The predicted octanol–water partition coefficient (Wildman–Crippen LogP) is 2.07. The molecule has 6 heterocycles. The molecular formula is C24H24N8O3S. The largest absolute Gasteiger partial charge is 0.394 e. The number of nitrogens with zero attached hydrogens (tertiary/aromatic N) is 6. The zero-order valence-corrected chi connectivity index (χ0v) is 20.2. The Morgan fingerprint density at radius 1 is 1.22 bits per heavy atom. The highest BCUT2D eigenvalue weighted by Gasteiger charge is 2.47. The molecule has 36 heavy (non-hydrogen) atoms. The van der Waals surface area contributed by atoms with Crippen LogP contribution in [-0.4, -0.2) is 71.5 Å². The van der Waals surface area contributed by atoms with Gasteiger partial charge in [0.25, 0.3) is 5.56 Å². The van der Waals surface area contributed by atoms with E-state index < -0.39 is 0 Å². The van der Waals surface area contributed by atoms with Crippen molar-refractivity contribution >= 4 is 49.7 Å². The molecule has 1 saturated heterocycles. The number of nitrogens with one attached hydrogen (secondary N) is 2. The smallest absolute Gasteiger partial charge is 0.261 e. The van der Waals surface area contributed by atoms with Crippen LogP contribution in [0.5, 0.6) is 0 Å². The molecule has 1 aliphatic carbocycles. The van der Waals surface area contributed by atoms with E-state index in [0.717, 1.165) is 28.4 Å². The highest BCUT2D eigenvalue weighted by atomic mass is 32.1. The van der Waals surface area contributed by atoms with Crippen molar-refractivity contribution in [2.45, 2.75) is 25.8 Å². The molecule has 1 aliphatic heterocycles. The Balaban J connectivity index is 1.18. The zero-order valence-electron chi connectivity index (χ0n) is 19.4. The van der Waals surface area contributed by atoms with Crippen molar-refractivity contribution in [3.63, 3.8) is 0 Å². The van der Waals surface area contributed by atoms with Gasteiger partial charge in [-0.3, -0.25) is 24.2 Å². The van der Waals surface area contributed by atoms with Crippen LogP contribution in [0.25, 0.3) is 37.2 Å². The van der Waals surface area contributed by atoms with E-state index in [4.69, 9.17) is 5.11 Å². The van der Waals surface area contributed by atoms with Crippen molar-refractivity contribution in [2.24, 2.45) is 5.41 Å². The molecule has 1 saturated carbocycles. The Bertz CT molecular complexity index is 1710. The number of aliphatic hydroxyl groups excluding tert-OH is 1. The Labute approximate surface area is 208 Å². The van der Waals surface area contributed by atoms with Crippen LogP contribution >= 0.6 is 11.3 Å². The van der Waals surface area contributed by atoms with Crippen LogP contribution in [0.15, 0.2) is 35.6 Å². The van der Waals surface area contributed by atoms with Crippen LogP contribution in [0.4, 0.5) is 5.69 Å². The summed E-state index contributed by atoms with van der Waals surface area (Å²) in [5, 5.41) is 21.4. The van der Waals surface area contributed by atoms with E-state index in [9.17, 15) is 9.59 Å². The highest BCUT2D eigenvalue weighted by molar-refractivity contribution is 7.21. The standard InChI is InChI=1S/C24H24N8O3S/c33-6-5-31-10-14(8-26-31)17-11-32-23(36-17)19-21(29-32)20-16(28-22(19)35)7-15(9-25-20)27-18(34)12-30-4-3-24(13-30)1-2-24/h7-11,33H,1-6,12-13H2,(H,27,34)(H,28,35). The maximum absolute atomic E-state index is 13.1. The quantitative estimate of drug-likeness (QED) is 0.322. The molecule has 0 atom stereocenters. The minimum atomic E-state index is -0.256. The topological polar surface area (TPSA) is 133 Å². The SMILES string of the molecule is O=C(CN1CCC2(CC2)C1)Nc1cnc2c(c1)[nH]c(=O)c1c2nn2cc(-c3cnn(CCO)c3)sc12. The lowest BCUT2D eigenvalue weighted by Gasteiger charge is -2.15. The summed E-state index contributed by atoms with van der Waals surface area (Å²) >= 11 is 1.45. The third-order valence-electron chi connectivity index (χ3n) is 7.27.